The van der Waals surface area contributed by atoms with E-state index in [2.05, 4.69) is 49.5 Å². The fourth-order valence-electron chi connectivity index (χ4n) is 2.50. The molecule has 0 bridgehead atoms. The molecule has 2 nitrogen and oxygen atoms in total. The van der Waals surface area contributed by atoms with Crippen LogP contribution < -0.4 is 5.32 Å². The molecule has 0 aliphatic carbocycles. The van der Waals surface area contributed by atoms with Gasteiger partial charge in [0.2, 0.25) is 0 Å². The zero-order valence-electron chi connectivity index (χ0n) is 12.6. The van der Waals surface area contributed by atoms with Gasteiger partial charge in [0, 0.05) is 12.5 Å². The van der Waals surface area contributed by atoms with E-state index in [0.29, 0.717) is 6.04 Å². The van der Waals surface area contributed by atoms with E-state index in [1.54, 1.807) is 6.26 Å². The molecule has 2 rings (SSSR count). The second-order valence-corrected chi connectivity index (χ2v) is 5.46. The van der Waals surface area contributed by atoms with Crippen molar-refractivity contribution in [2.24, 2.45) is 0 Å². The Hall–Kier alpha value is -1.54. The number of aryl methyl sites for hydroxylation is 2. The average Bonchev–Trinajstić information content (AvgIpc) is 2.95. The van der Waals surface area contributed by atoms with E-state index in [1.165, 1.54) is 17.5 Å². The van der Waals surface area contributed by atoms with E-state index in [1.807, 2.05) is 6.07 Å². The molecular weight excluding hydrogens is 246 g/mol. The Bertz CT molecular complexity index is 490. The molecule has 0 saturated carbocycles. The van der Waals surface area contributed by atoms with Gasteiger partial charge in [0.25, 0.3) is 0 Å². The molecule has 0 amide bonds. The van der Waals surface area contributed by atoms with Crippen molar-refractivity contribution in [3.8, 4) is 0 Å². The standard InChI is InChI=1S/C18H25NO/c1-3-11-19-17(14-18-8-5-12-20-18)10-9-16-7-4-6-15(2)13-16/h4-8,12-13,17,19H,3,9-11,14H2,1-2H3. The molecule has 1 atom stereocenters. The molecule has 0 saturated heterocycles. The molecular formula is C18H25NO. The molecule has 0 aliphatic rings. The lowest BCUT2D eigenvalue weighted by molar-refractivity contribution is 0.424. The van der Waals surface area contributed by atoms with E-state index in [-0.39, 0.29) is 0 Å². The summed E-state index contributed by atoms with van der Waals surface area (Å²) in [6.07, 6.45) is 6.15. The van der Waals surface area contributed by atoms with Gasteiger partial charge in [0.15, 0.2) is 0 Å². The van der Waals surface area contributed by atoms with Gasteiger partial charge in [-0.1, -0.05) is 36.8 Å². The third-order valence-corrected chi connectivity index (χ3v) is 3.57. The highest BCUT2D eigenvalue weighted by Crippen LogP contribution is 2.12. The lowest BCUT2D eigenvalue weighted by Gasteiger charge is -2.17. The largest absolute Gasteiger partial charge is 0.469 e. The van der Waals surface area contributed by atoms with Gasteiger partial charge in [-0.15, -0.1) is 0 Å². The first kappa shape index (κ1) is 14.9. The lowest BCUT2D eigenvalue weighted by Crippen LogP contribution is -2.32. The fraction of sp³-hybridized carbons (Fsp3) is 0.444. The highest BCUT2D eigenvalue weighted by Gasteiger charge is 2.10. The maximum absolute atomic E-state index is 5.48. The zero-order valence-corrected chi connectivity index (χ0v) is 12.6. The maximum atomic E-state index is 5.48. The Morgan fingerprint density at radius 1 is 1.20 bits per heavy atom. The minimum atomic E-state index is 0.488. The average molecular weight is 271 g/mol. The smallest absolute Gasteiger partial charge is 0.105 e. The van der Waals surface area contributed by atoms with E-state index >= 15 is 0 Å². The third-order valence-electron chi connectivity index (χ3n) is 3.57. The molecule has 0 aliphatic heterocycles. The number of furan rings is 1. The van der Waals surface area contributed by atoms with E-state index in [9.17, 15) is 0 Å². The van der Waals surface area contributed by atoms with Crippen molar-refractivity contribution in [1.29, 1.82) is 0 Å². The van der Waals surface area contributed by atoms with Gasteiger partial charge in [-0.2, -0.15) is 0 Å². The molecule has 2 heteroatoms. The van der Waals surface area contributed by atoms with Gasteiger partial charge in [0.05, 0.1) is 6.26 Å². The maximum Gasteiger partial charge on any atom is 0.105 e. The highest BCUT2D eigenvalue weighted by atomic mass is 16.3. The van der Waals surface area contributed by atoms with Crippen LogP contribution in [-0.4, -0.2) is 12.6 Å². The normalized spacial score (nSPS) is 12.5. The first-order chi connectivity index (χ1) is 9.78. The summed E-state index contributed by atoms with van der Waals surface area (Å²) in [5.41, 5.74) is 2.76. The monoisotopic (exact) mass is 271 g/mol. The topological polar surface area (TPSA) is 25.2 Å². The second kappa shape index (κ2) is 7.91. The molecule has 0 spiro atoms. The van der Waals surface area contributed by atoms with Crippen LogP contribution in [0.5, 0.6) is 0 Å². The molecule has 1 N–H and O–H groups in total. The second-order valence-electron chi connectivity index (χ2n) is 5.46. The van der Waals surface area contributed by atoms with Crippen LogP contribution in [0.3, 0.4) is 0 Å². The summed E-state index contributed by atoms with van der Waals surface area (Å²) >= 11 is 0. The van der Waals surface area contributed by atoms with Gasteiger partial charge < -0.3 is 9.73 Å². The van der Waals surface area contributed by atoms with Crippen molar-refractivity contribution < 1.29 is 4.42 Å². The molecule has 1 aromatic carbocycles. The Morgan fingerprint density at radius 3 is 2.80 bits per heavy atom. The Morgan fingerprint density at radius 2 is 2.10 bits per heavy atom. The van der Waals surface area contributed by atoms with Crippen LogP contribution in [0.2, 0.25) is 0 Å². The molecule has 1 unspecified atom stereocenters. The van der Waals surface area contributed by atoms with Crippen LogP contribution in [0.1, 0.15) is 36.7 Å². The van der Waals surface area contributed by atoms with Crippen molar-refractivity contribution in [2.75, 3.05) is 6.54 Å². The van der Waals surface area contributed by atoms with Crippen molar-refractivity contribution >= 4 is 0 Å². The zero-order chi connectivity index (χ0) is 14.2. The van der Waals surface area contributed by atoms with Gasteiger partial charge in [-0.25, -0.2) is 0 Å². The molecule has 0 fully saturated rings. The number of hydrogen-bond acceptors (Lipinski definition) is 2. The summed E-state index contributed by atoms with van der Waals surface area (Å²) in [7, 11) is 0. The van der Waals surface area contributed by atoms with Gasteiger partial charge in [0.1, 0.15) is 5.76 Å². The van der Waals surface area contributed by atoms with Crippen molar-refractivity contribution in [2.45, 2.75) is 45.6 Å². The third kappa shape index (κ3) is 4.86. The number of rotatable bonds is 8. The van der Waals surface area contributed by atoms with Gasteiger partial charge in [-0.3, -0.25) is 0 Å². The fourth-order valence-corrected chi connectivity index (χ4v) is 2.50. The van der Waals surface area contributed by atoms with Crippen LogP contribution in [0.4, 0.5) is 0 Å². The van der Waals surface area contributed by atoms with Crippen LogP contribution in [0.15, 0.2) is 47.1 Å². The highest BCUT2D eigenvalue weighted by molar-refractivity contribution is 5.22. The predicted molar refractivity (Wildman–Crippen MR) is 84.0 cm³/mol. The molecule has 2 aromatic rings. The number of nitrogens with one attached hydrogen (secondary N) is 1. The van der Waals surface area contributed by atoms with Crippen LogP contribution in [-0.2, 0) is 12.8 Å². The Labute approximate surface area is 122 Å². The first-order valence-corrected chi connectivity index (χ1v) is 7.59. The van der Waals surface area contributed by atoms with Crippen molar-refractivity contribution in [3.05, 3.63) is 59.5 Å². The lowest BCUT2D eigenvalue weighted by atomic mass is 10.0. The summed E-state index contributed by atoms with van der Waals surface area (Å²) < 4.78 is 5.48. The van der Waals surface area contributed by atoms with E-state index in [4.69, 9.17) is 4.42 Å². The molecule has 1 aromatic heterocycles. The summed E-state index contributed by atoms with van der Waals surface area (Å²) in [4.78, 5) is 0. The molecule has 0 radical (unpaired) electrons. The Balaban J connectivity index is 1.89. The summed E-state index contributed by atoms with van der Waals surface area (Å²) in [6.45, 7) is 5.43. The summed E-state index contributed by atoms with van der Waals surface area (Å²) in [5.74, 6) is 1.07. The van der Waals surface area contributed by atoms with Crippen LogP contribution in [0.25, 0.3) is 0 Å². The molecule has 20 heavy (non-hydrogen) atoms. The summed E-state index contributed by atoms with van der Waals surface area (Å²) in [6, 6.07) is 13.3. The summed E-state index contributed by atoms with van der Waals surface area (Å²) in [5, 5.41) is 3.63. The van der Waals surface area contributed by atoms with Crippen LogP contribution in [0, 0.1) is 6.92 Å². The number of benzene rings is 1. The van der Waals surface area contributed by atoms with Crippen LogP contribution >= 0.6 is 0 Å². The van der Waals surface area contributed by atoms with Gasteiger partial charge >= 0.3 is 0 Å². The first-order valence-electron chi connectivity index (χ1n) is 7.59. The van der Waals surface area contributed by atoms with Crippen molar-refractivity contribution in [3.63, 3.8) is 0 Å². The SMILES string of the molecule is CCCNC(CCc1cccc(C)c1)Cc1ccco1. The van der Waals surface area contributed by atoms with Crippen molar-refractivity contribution in [1.82, 2.24) is 5.32 Å². The Kier molecular flexibility index (Phi) is 5.87. The molecule has 108 valence electrons. The minimum Gasteiger partial charge on any atom is -0.469 e. The minimum absolute atomic E-state index is 0.488. The molecule has 1 heterocycles. The van der Waals surface area contributed by atoms with E-state index < -0.39 is 0 Å². The van der Waals surface area contributed by atoms with Gasteiger partial charge in [-0.05, 0) is 50.4 Å². The number of hydrogen-bond donors (Lipinski definition) is 1. The quantitative estimate of drug-likeness (QED) is 0.781. The van der Waals surface area contributed by atoms with E-state index in [0.717, 1.165) is 31.6 Å². The predicted octanol–water partition coefficient (Wildman–Crippen LogP) is 4.13.